The number of oxime groups is 1. The average molecular weight is 201 g/mol. The van der Waals surface area contributed by atoms with Crippen LogP contribution in [0.5, 0.6) is 0 Å². The molecule has 0 aromatic rings. The molecule has 5 heteroatoms. The monoisotopic (exact) mass is 201 g/mol. The van der Waals surface area contributed by atoms with Gasteiger partial charge >= 0.3 is 5.97 Å². The van der Waals surface area contributed by atoms with Crippen molar-refractivity contribution < 1.29 is 19.1 Å². The third-order valence-electron chi connectivity index (χ3n) is 2.11. The van der Waals surface area contributed by atoms with Crippen LogP contribution in [-0.4, -0.2) is 32.2 Å². The van der Waals surface area contributed by atoms with E-state index in [0.29, 0.717) is 13.0 Å². The molecule has 0 saturated carbocycles. The second-order valence-electron chi connectivity index (χ2n) is 3.34. The van der Waals surface area contributed by atoms with E-state index in [4.69, 9.17) is 9.57 Å². The van der Waals surface area contributed by atoms with Gasteiger partial charge in [-0.15, -0.1) is 0 Å². The molecule has 0 spiro atoms. The smallest absolute Gasteiger partial charge is 0.317 e. The second-order valence-corrected chi connectivity index (χ2v) is 3.34. The summed E-state index contributed by atoms with van der Waals surface area (Å²) in [5.74, 6) is -0.325. The van der Waals surface area contributed by atoms with Crippen molar-refractivity contribution in [3.05, 3.63) is 0 Å². The van der Waals surface area contributed by atoms with Crippen molar-refractivity contribution in [2.24, 2.45) is 10.6 Å². The molecule has 0 saturated heterocycles. The molecular weight excluding hydrogens is 186 g/mol. The van der Waals surface area contributed by atoms with Crippen LogP contribution in [0, 0.1) is 5.41 Å². The Morgan fingerprint density at radius 1 is 1.79 bits per heavy atom. The van der Waals surface area contributed by atoms with Gasteiger partial charge < -0.3 is 14.3 Å². The predicted octanol–water partition coefficient (Wildman–Crippen LogP) is 0.934. The fourth-order valence-electron chi connectivity index (χ4n) is 1.30. The second kappa shape index (κ2) is 4.41. The molecule has 0 N–H and O–H groups in total. The average Bonchev–Trinajstić information content (AvgIpc) is 2.17. The van der Waals surface area contributed by atoms with Crippen LogP contribution in [0.3, 0.4) is 0 Å². The largest absolute Gasteiger partial charge is 0.468 e. The highest BCUT2D eigenvalue weighted by Gasteiger charge is 2.39. The molecule has 2 atom stereocenters. The summed E-state index contributed by atoms with van der Waals surface area (Å²) in [6, 6.07) is 0. The maximum atomic E-state index is 11.4. The van der Waals surface area contributed by atoms with Crippen LogP contribution in [-0.2, 0) is 19.1 Å². The molecule has 0 radical (unpaired) electrons. The number of nitrogens with zero attached hydrogens (tertiary/aromatic N) is 1. The number of hydrogen-bond acceptors (Lipinski definition) is 5. The van der Waals surface area contributed by atoms with E-state index in [1.165, 1.54) is 13.3 Å². The third kappa shape index (κ3) is 2.23. The maximum Gasteiger partial charge on any atom is 0.317 e. The first kappa shape index (κ1) is 11.0. The minimum Gasteiger partial charge on any atom is -0.468 e. The van der Waals surface area contributed by atoms with E-state index >= 15 is 0 Å². The summed E-state index contributed by atoms with van der Waals surface area (Å²) in [4.78, 5) is 16.4. The van der Waals surface area contributed by atoms with Gasteiger partial charge in [-0.1, -0.05) is 5.16 Å². The number of ether oxygens (including phenoxy) is 2. The number of rotatable bonds is 3. The molecule has 0 aromatic carbocycles. The van der Waals surface area contributed by atoms with E-state index in [1.807, 2.05) is 6.92 Å². The molecule has 0 bridgehead atoms. The number of carbonyl (C=O) groups excluding carboxylic acids is 1. The van der Waals surface area contributed by atoms with Gasteiger partial charge in [-0.25, -0.2) is 0 Å². The summed E-state index contributed by atoms with van der Waals surface area (Å²) in [6.45, 7) is 4.13. The van der Waals surface area contributed by atoms with Crippen molar-refractivity contribution in [3.8, 4) is 0 Å². The number of carbonyl (C=O) groups is 1. The predicted molar refractivity (Wildman–Crippen MR) is 49.7 cm³/mol. The van der Waals surface area contributed by atoms with Crippen molar-refractivity contribution in [1.29, 1.82) is 0 Å². The van der Waals surface area contributed by atoms with Gasteiger partial charge in [0.05, 0.1) is 13.3 Å². The topological polar surface area (TPSA) is 57.1 Å². The zero-order valence-electron chi connectivity index (χ0n) is 8.65. The van der Waals surface area contributed by atoms with Crippen LogP contribution in [0.25, 0.3) is 0 Å². The SMILES string of the molecule is CCOC1CC(C)(C(=O)OC)C=NO1. The Morgan fingerprint density at radius 2 is 2.50 bits per heavy atom. The van der Waals surface area contributed by atoms with Gasteiger partial charge in [-0.2, -0.15) is 0 Å². The summed E-state index contributed by atoms with van der Waals surface area (Å²) in [5, 5.41) is 3.65. The van der Waals surface area contributed by atoms with Crippen LogP contribution in [0.4, 0.5) is 0 Å². The van der Waals surface area contributed by atoms with Crippen molar-refractivity contribution in [3.63, 3.8) is 0 Å². The Kier molecular flexibility index (Phi) is 3.46. The summed E-state index contributed by atoms with van der Waals surface area (Å²) in [6.07, 6.45) is 1.42. The minimum atomic E-state index is -0.743. The normalized spacial score (nSPS) is 30.9. The van der Waals surface area contributed by atoms with Gasteiger partial charge in [0.15, 0.2) is 0 Å². The fraction of sp³-hybridized carbons (Fsp3) is 0.778. The standard InChI is InChI=1S/C9H15NO4/c1-4-13-7-5-9(2,6-10-14-7)8(11)12-3/h6-7H,4-5H2,1-3H3. The zero-order chi connectivity index (χ0) is 10.6. The lowest BCUT2D eigenvalue weighted by Crippen LogP contribution is -2.39. The highest BCUT2D eigenvalue weighted by molar-refractivity contribution is 5.94. The molecule has 1 heterocycles. The Morgan fingerprint density at radius 3 is 3.07 bits per heavy atom. The van der Waals surface area contributed by atoms with Crippen LogP contribution in [0.1, 0.15) is 20.3 Å². The lowest BCUT2D eigenvalue weighted by atomic mass is 9.87. The van der Waals surface area contributed by atoms with Gasteiger partial charge in [-0.05, 0) is 13.8 Å². The minimum absolute atomic E-state index is 0.325. The summed E-state index contributed by atoms with van der Waals surface area (Å²) < 4.78 is 9.91. The van der Waals surface area contributed by atoms with Crippen molar-refractivity contribution in [2.75, 3.05) is 13.7 Å². The summed E-state index contributed by atoms with van der Waals surface area (Å²) in [7, 11) is 1.35. The molecule has 0 aliphatic carbocycles. The van der Waals surface area contributed by atoms with Gasteiger partial charge in [0.25, 0.3) is 0 Å². The highest BCUT2D eigenvalue weighted by atomic mass is 16.8. The van der Waals surface area contributed by atoms with Gasteiger partial charge in [0.2, 0.25) is 6.29 Å². The Bertz CT molecular complexity index is 241. The zero-order valence-corrected chi connectivity index (χ0v) is 8.65. The molecule has 1 rings (SSSR count). The Hall–Kier alpha value is -1.10. The fourth-order valence-corrected chi connectivity index (χ4v) is 1.30. The van der Waals surface area contributed by atoms with Crippen molar-refractivity contribution in [1.82, 2.24) is 0 Å². The first-order valence-corrected chi connectivity index (χ1v) is 4.52. The number of esters is 1. The summed E-state index contributed by atoms with van der Waals surface area (Å²) >= 11 is 0. The van der Waals surface area contributed by atoms with Crippen molar-refractivity contribution in [2.45, 2.75) is 26.6 Å². The van der Waals surface area contributed by atoms with Crippen LogP contribution >= 0.6 is 0 Å². The first-order chi connectivity index (χ1) is 6.62. The molecule has 2 unspecified atom stereocenters. The molecule has 1 aliphatic rings. The Labute approximate surface area is 83.0 Å². The molecule has 0 amide bonds. The van der Waals surface area contributed by atoms with E-state index in [0.717, 1.165) is 0 Å². The molecule has 14 heavy (non-hydrogen) atoms. The lowest BCUT2D eigenvalue weighted by molar-refractivity contribution is -0.175. The van der Waals surface area contributed by atoms with Crippen LogP contribution in [0.15, 0.2) is 5.16 Å². The third-order valence-corrected chi connectivity index (χ3v) is 2.11. The molecule has 0 aromatic heterocycles. The van der Waals surface area contributed by atoms with Crippen molar-refractivity contribution >= 4 is 12.2 Å². The Balaban J connectivity index is 2.67. The van der Waals surface area contributed by atoms with E-state index in [9.17, 15) is 4.79 Å². The van der Waals surface area contributed by atoms with Crippen LogP contribution in [0.2, 0.25) is 0 Å². The quantitative estimate of drug-likeness (QED) is 0.637. The number of hydrogen-bond donors (Lipinski definition) is 0. The van der Waals surface area contributed by atoms with Gasteiger partial charge in [0, 0.05) is 13.0 Å². The molecule has 0 fully saturated rings. The maximum absolute atomic E-state index is 11.4. The van der Waals surface area contributed by atoms with E-state index in [2.05, 4.69) is 9.89 Å². The molecule has 1 aliphatic heterocycles. The van der Waals surface area contributed by atoms with Gasteiger partial charge in [0.1, 0.15) is 5.41 Å². The molecule has 80 valence electrons. The van der Waals surface area contributed by atoms with E-state index in [1.54, 1.807) is 6.92 Å². The van der Waals surface area contributed by atoms with E-state index in [-0.39, 0.29) is 5.97 Å². The highest BCUT2D eigenvalue weighted by Crippen LogP contribution is 2.28. The molecule has 5 nitrogen and oxygen atoms in total. The van der Waals surface area contributed by atoms with E-state index < -0.39 is 11.7 Å². The number of methoxy groups -OCH3 is 1. The van der Waals surface area contributed by atoms with Gasteiger partial charge in [-0.3, -0.25) is 4.79 Å². The first-order valence-electron chi connectivity index (χ1n) is 4.52. The summed E-state index contributed by atoms with van der Waals surface area (Å²) in [5.41, 5.74) is -0.743. The van der Waals surface area contributed by atoms with Crippen LogP contribution < -0.4 is 0 Å². The molecular formula is C9H15NO4. The lowest BCUT2D eigenvalue weighted by Gasteiger charge is -2.29.